The van der Waals surface area contributed by atoms with Crippen molar-refractivity contribution in [2.45, 2.75) is 44.2 Å². The molecule has 4 aliphatic rings. The van der Waals surface area contributed by atoms with E-state index in [9.17, 15) is 25.3 Å². The van der Waals surface area contributed by atoms with Gasteiger partial charge in [-0.2, -0.15) is 21.1 Å². The topological polar surface area (TPSA) is 155 Å². The quantitative estimate of drug-likeness (QED) is 0.394. The standard InChI is InChI=1S/C22H35N5O8S3/c1-23-37(30,31)27(38(32,33)24-2)8-4-10-36(28,29)26-7-3-5-17-14-25-9-6-16-11-21-22(35-15-34-21)12-18(16)20(25)13-19(17)26/h11-12,17,19-20,23-24H,3-10,13-15H2,1-2H3/t17-,19+,20+/m1/s1. The second kappa shape index (κ2) is 10.5. The van der Waals surface area contributed by atoms with E-state index in [1.165, 1.54) is 5.56 Å². The smallest absolute Gasteiger partial charge is 0.293 e. The van der Waals surface area contributed by atoms with Crippen molar-refractivity contribution in [1.82, 2.24) is 22.4 Å². The molecule has 1 aromatic rings. The Balaban J connectivity index is 1.33. The fourth-order valence-electron chi connectivity index (χ4n) is 6.21. The Morgan fingerprint density at radius 2 is 1.68 bits per heavy atom. The van der Waals surface area contributed by atoms with Gasteiger partial charge in [0, 0.05) is 52.4 Å². The first-order valence-electron chi connectivity index (χ1n) is 12.8. The maximum absolute atomic E-state index is 13.5. The summed E-state index contributed by atoms with van der Waals surface area (Å²) in [5.74, 6) is 1.33. The van der Waals surface area contributed by atoms with Crippen molar-refractivity contribution in [3.8, 4) is 11.5 Å². The van der Waals surface area contributed by atoms with Crippen LogP contribution in [0, 0.1) is 5.92 Å². The molecule has 0 radical (unpaired) electrons. The Kier molecular flexibility index (Phi) is 7.71. The summed E-state index contributed by atoms with van der Waals surface area (Å²) in [6, 6.07) is 3.97. The molecule has 5 rings (SSSR count). The summed E-state index contributed by atoms with van der Waals surface area (Å²) in [7, 11) is -10.2. The van der Waals surface area contributed by atoms with Crippen LogP contribution in [0.3, 0.4) is 0 Å². The largest absolute Gasteiger partial charge is 0.454 e. The first kappa shape index (κ1) is 28.0. The fourth-order valence-corrected chi connectivity index (χ4v) is 10.6. The van der Waals surface area contributed by atoms with Crippen molar-refractivity contribution in [2.75, 3.05) is 52.8 Å². The van der Waals surface area contributed by atoms with E-state index in [0.29, 0.717) is 13.0 Å². The number of ether oxygens (including phenoxy) is 2. The van der Waals surface area contributed by atoms with Crippen LogP contribution in [0.4, 0.5) is 0 Å². The SMILES string of the molecule is CNS(=O)(=O)N(CCCS(=O)(=O)N1CCC[C@@H]2CN3CCc4cc5c(cc4[C@@H]3C[C@@H]21)OCO5)S(=O)(=O)NC. The van der Waals surface area contributed by atoms with E-state index in [2.05, 4.69) is 4.90 Å². The molecule has 3 atom stereocenters. The summed E-state index contributed by atoms with van der Waals surface area (Å²) >= 11 is 0. The molecule has 0 amide bonds. The van der Waals surface area contributed by atoms with Gasteiger partial charge in [-0.3, -0.25) is 4.90 Å². The molecule has 0 aliphatic carbocycles. The number of nitrogens with one attached hydrogen (secondary N) is 2. The number of hydrogen-bond donors (Lipinski definition) is 2. The van der Waals surface area contributed by atoms with Crippen LogP contribution >= 0.6 is 0 Å². The minimum absolute atomic E-state index is 0.0716. The van der Waals surface area contributed by atoms with Crippen LogP contribution in [0.15, 0.2) is 12.1 Å². The maximum Gasteiger partial charge on any atom is 0.293 e. The van der Waals surface area contributed by atoms with Crippen molar-refractivity contribution >= 4 is 30.4 Å². The summed E-state index contributed by atoms with van der Waals surface area (Å²) in [6.07, 6.45) is 3.10. The molecule has 2 saturated heterocycles. The first-order valence-corrected chi connectivity index (χ1v) is 17.3. The zero-order valence-corrected chi connectivity index (χ0v) is 23.9. The number of fused-ring (bicyclic) bond motifs is 5. The number of piperidine rings is 2. The number of nitrogens with zero attached hydrogens (tertiary/aromatic N) is 3. The van der Waals surface area contributed by atoms with E-state index in [0.717, 1.165) is 63.5 Å². The molecule has 16 heteroatoms. The van der Waals surface area contributed by atoms with Crippen molar-refractivity contribution in [2.24, 2.45) is 5.92 Å². The summed E-state index contributed by atoms with van der Waals surface area (Å²) in [5.41, 5.74) is 2.36. The Morgan fingerprint density at radius 3 is 2.37 bits per heavy atom. The molecule has 2 fully saturated rings. The predicted octanol–water partition coefficient (Wildman–Crippen LogP) is -0.251. The fraction of sp³-hybridized carbons (Fsp3) is 0.727. The Hall–Kier alpha value is -1.53. The van der Waals surface area contributed by atoms with Crippen LogP contribution in [0.2, 0.25) is 0 Å². The molecule has 1 aromatic carbocycles. The average Bonchev–Trinajstić information content (AvgIpc) is 3.35. The molecule has 4 heterocycles. The summed E-state index contributed by atoms with van der Waals surface area (Å²) < 4.78 is 93.1. The van der Waals surface area contributed by atoms with Gasteiger partial charge in [0.2, 0.25) is 16.8 Å². The van der Waals surface area contributed by atoms with Gasteiger partial charge in [0.05, 0.1) is 5.75 Å². The lowest BCUT2D eigenvalue weighted by Gasteiger charge is -2.51. The van der Waals surface area contributed by atoms with Gasteiger partial charge >= 0.3 is 0 Å². The highest BCUT2D eigenvalue weighted by atomic mass is 32.3. The summed E-state index contributed by atoms with van der Waals surface area (Å²) in [5, 5.41) is 0. The van der Waals surface area contributed by atoms with E-state index >= 15 is 0 Å². The van der Waals surface area contributed by atoms with E-state index in [1.54, 1.807) is 4.31 Å². The summed E-state index contributed by atoms with van der Waals surface area (Å²) in [6.45, 7) is 1.82. The third-order valence-electron chi connectivity index (χ3n) is 8.06. The normalized spacial score (nSPS) is 26.1. The molecular formula is C22H35N5O8S3. The predicted molar refractivity (Wildman–Crippen MR) is 139 cm³/mol. The summed E-state index contributed by atoms with van der Waals surface area (Å²) in [4.78, 5) is 2.45. The number of hydrogen-bond acceptors (Lipinski definition) is 9. The highest BCUT2D eigenvalue weighted by molar-refractivity contribution is 8.02. The second-order valence-corrected chi connectivity index (χ2v) is 15.9. The second-order valence-electron chi connectivity index (χ2n) is 10.1. The Morgan fingerprint density at radius 1 is 1.00 bits per heavy atom. The molecule has 0 bridgehead atoms. The monoisotopic (exact) mass is 593 g/mol. The lowest BCUT2D eigenvalue weighted by molar-refractivity contribution is 0.0219. The minimum Gasteiger partial charge on any atom is -0.454 e. The van der Waals surface area contributed by atoms with Gasteiger partial charge in [-0.15, -0.1) is 0 Å². The first-order chi connectivity index (χ1) is 18.0. The van der Waals surface area contributed by atoms with Crippen LogP contribution in [0.5, 0.6) is 11.5 Å². The molecule has 0 unspecified atom stereocenters. The Bertz CT molecular complexity index is 1350. The lowest BCUT2D eigenvalue weighted by atomic mass is 9.77. The van der Waals surface area contributed by atoms with Gasteiger partial charge in [-0.05, 0) is 61.3 Å². The van der Waals surface area contributed by atoms with Gasteiger partial charge in [0.1, 0.15) is 0 Å². The van der Waals surface area contributed by atoms with Crippen LogP contribution in [-0.2, 0) is 36.9 Å². The van der Waals surface area contributed by atoms with Gasteiger partial charge in [0.25, 0.3) is 20.4 Å². The highest BCUT2D eigenvalue weighted by Crippen LogP contribution is 2.46. The lowest BCUT2D eigenvalue weighted by Crippen LogP contribution is -2.57. The maximum atomic E-state index is 13.5. The zero-order valence-electron chi connectivity index (χ0n) is 21.5. The van der Waals surface area contributed by atoms with Crippen LogP contribution in [0.25, 0.3) is 0 Å². The van der Waals surface area contributed by atoms with Crippen LogP contribution in [-0.4, -0.2) is 97.0 Å². The minimum atomic E-state index is -4.34. The Labute approximate surface area is 224 Å². The molecule has 0 spiro atoms. The van der Waals surface area contributed by atoms with E-state index in [-0.39, 0.29) is 40.7 Å². The molecule has 38 heavy (non-hydrogen) atoms. The molecule has 4 aliphatic heterocycles. The van der Waals surface area contributed by atoms with Gasteiger partial charge in [-0.25, -0.2) is 17.9 Å². The highest BCUT2D eigenvalue weighted by Gasteiger charge is 2.46. The van der Waals surface area contributed by atoms with Gasteiger partial charge in [0.15, 0.2) is 11.5 Å². The van der Waals surface area contributed by atoms with E-state index in [4.69, 9.17) is 9.47 Å². The number of sulfonamides is 1. The molecule has 0 aromatic heterocycles. The average molecular weight is 594 g/mol. The number of rotatable bonds is 9. The van der Waals surface area contributed by atoms with Gasteiger partial charge in [-0.1, -0.05) is 3.71 Å². The van der Waals surface area contributed by atoms with Crippen molar-refractivity contribution in [1.29, 1.82) is 0 Å². The van der Waals surface area contributed by atoms with Crippen LogP contribution < -0.4 is 18.9 Å². The zero-order chi connectivity index (χ0) is 27.3. The van der Waals surface area contributed by atoms with Crippen molar-refractivity contribution in [3.63, 3.8) is 0 Å². The van der Waals surface area contributed by atoms with Crippen molar-refractivity contribution < 1.29 is 34.7 Å². The third-order valence-corrected chi connectivity index (χ3v) is 13.7. The molecule has 2 N–H and O–H groups in total. The number of benzene rings is 1. The molecular weight excluding hydrogens is 558 g/mol. The van der Waals surface area contributed by atoms with E-state index < -0.39 is 37.0 Å². The molecule has 0 saturated carbocycles. The van der Waals surface area contributed by atoms with E-state index in [1.807, 2.05) is 21.6 Å². The molecule has 13 nitrogen and oxygen atoms in total. The van der Waals surface area contributed by atoms with Gasteiger partial charge < -0.3 is 9.47 Å². The van der Waals surface area contributed by atoms with Crippen molar-refractivity contribution in [3.05, 3.63) is 23.3 Å². The molecule has 214 valence electrons. The third kappa shape index (κ3) is 5.16. The van der Waals surface area contributed by atoms with Crippen LogP contribution in [0.1, 0.15) is 42.9 Å².